The Kier molecular flexibility index (Phi) is 5.21. The number of amides is 1. The van der Waals surface area contributed by atoms with Crippen molar-refractivity contribution in [2.24, 2.45) is 0 Å². The van der Waals surface area contributed by atoms with Crippen LogP contribution in [0.3, 0.4) is 0 Å². The molecule has 0 bridgehead atoms. The van der Waals surface area contributed by atoms with E-state index in [1.807, 2.05) is 22.6 Å². The van der Waals surface area contributed by atoms with Crippen LogP contribution in [0.2, 0.25) is 0 Å². The zero-order chi connectivity index (χ0) is 12.8. The Bertz CT molecular complexity index is 433. The van der Waals surface area contributed by atoms with E-state index in [1.165, 1.54) is 6.07 Å². The van der Waals surface area contributed by atoms with Gasteiger partial charge in [-0.3, -0.25) is 4.79 Å². The predicted molar refractivity (Wildman–Crippen MR) is 77.1 cm³/mol. The first-order chi connectivity index (χ1) is 8.10. The Morgan fingerprint density at radius 3 is 2.41 bits per heavy atom. The lowest BCUT2D eigenvalue weighted by atomic mass is 10.2. The molecule has 1 amide bonds. The molecule has 0 fully saturated rings. The molecule has 0 aliphatic heterocycles. The zero-order valence-corrected chi connectivity index (χ0v) is 11.6. The van der Waals surface area contributed by atoms with Crippen molar-refractivity contribution in [3.05, 3.63) is 52.6 Å². The minimum absolute atomic E-state index is 0.119. The van der Waals surface area contributed by atoms with Crippen molar-refractivity contribution in [3.63, 3.8) is 0 Å². The van der Waals surface area contributed by atoms with Crippen molar-refractivity contribution in [2.45, 2.75) is 0 Å². The van der Waals surface area contributed by atoms with Gasteiger partial charge >= 0.3 is 0 Å². The van der Waals surface area contributed by atoms with Gasteiger partial charge in [-0.1, -0.05) is 12.2 Å². The fraction of sp³-hybridized carbons (Fsp3) is 0.154. The van der Waals surface area contributed by atoms with E-state index in [2.05, 4.69) is 13.2 Å². The Labute approximate surface area is 115 Å². The van der Waals surface area contributed by atoms with Gasteiger partial charge in [-0.15, -0.1) is 13.2 Å². The largest absolute Gasteiger partial charge is 0.507 e. The molecular weight excluding hydrogens is 329 g/mol. The lowest BCUT2D eigenvalue weighted by Gasteiger charge is -2.19. The van der Waals surface area contributed by atoms with E-state index in [9.17, 15) is 9.90 Å². The molecular formula is C13H14INO2. The van der Waals surface area contributed by atoms with Crippen molar-refractivity contribution in [3.8, 4) is 5.75 Å². The fourth-order valence-corrected chi connectivity index (χ4v) is 1.72. The van der Waals surface area contributed by atoms with Gasteiger partial charge in [0.15, 0.2) is 0 Å². The zero-order valence-electron chi connectivity index (χ0n) is 9.40. The van der Waals surface area contributed by atoms with Gasteiger partial charge < -0.3 is 10.0 Å². The summed E-state index contributed by atoms with van der Waals surface area (Å²) < 4.78 is 0.721. The maximum Gasteiger partial charge on any atom is 0.254 e. The summed E-state index contributed by atoms with van der Waals surface area (Å²) in [6, 6.07) is 4.88. The highest BCUT2D eigenvalue weighted by molar-refractivity contribution is 14.1. The van der Waals surface area contributed by atoms with Gasteiger partial charge in [0.1, 0.15) is 5.75 Å². The number of hydrogen-bond acceptors (Lipinski definition) is 2. The van der Waals surface area contributed by atoms with Crippen LogP contribution in [0.15, 0.2) is 43.5 Å². The average molecular weight is 343 g/mol. The SMILES string of the molecule is C=CCN(CC=C)C(=O)c1ccc(I)c(O)c1. The third kappa shape index (κ3) is 3.59. The van der Waals surface area contributed by atoms with Crippen molar-refractivity contribution in [2.75, 3.05) is 13.1 Å². The van der Waals surface area contributed by atoms with Gasteiger partial charge in [0.05, 0.1) is 3.57 Å². The molecule has 0 saturated heterocycles. The number of rotatable bonds is 5. The number of nitrogens with zero attached hydrogens (tertiary/aromatic N) is 1. The van der Waals surface area contributed by atoms with E-state index in [1.54, 1.807) is 29.2 Å². The van der Waals surface area contributed by atoms with Gasteiger partial charge in [-0.2, -0.15) is 0 Å². The van der Waals surface area contributed by atoms with Crippen molar-refractivity contribution in [1.82, 2.24) is 4.90 Å². The van der Waals surface area contributed by atoms with E-state index in [4.69, 9.17) is 0 Å². The lowest BCUT2D eigenvalue weighted by Crippen LogP contribution is -2.31. The van der Waals surface area contributed by atoms with Crippen LogP contribution in [-0.4, -0.2) is 29.0 Å². The highest BCUT2D eigenvalue weighted by Gasteiger charge is 2.14. The molecule has 0 radical (unpaired) electrons. The van der Waals surface area contributed by atoms with Crippen LogP contribution in [0.5, 0.6) is 5.75 Å². The number of carbonyl (C=O) groups is 1. The lowest BCUT2D eigenvalue weighted by molar-refractivity contribution is 0.0790. The Hall–Kier alpha value is -1.30. The molecule has 4 heteroatoms. The van der Waals surface area contributed by atoms with Gasteiger partial charge in [-0.05, 0) is 40.8 Å². The fourth-order valence-electron chi connectivity index (χ4n) is 1.38. The molecule has 1 rings (SSSR count). The van der Waals surface area contributed by atoms with E-state index in [0.717, 1.165) is 3.57 Å². The van der Waals surface area contributed by atoms with Gasteiger partial charge in [-0.25, -0.2) is 0 Å². The molecule has 0 aliphatic rings. The van der Waals surface area contributed by atoms with Crippen LogP contribution < -0.4 is 0 Å². The van der Waals surface area contributed by atoms with Crippen LogP contribution in [0.25, 0.3) is 0 Å². The number of phenols is 1. The molecule has 0 heterocycles. The van der Waals surface area contributed by atoms with Gasteiger partial charge in [0, 0.05) is 18.7 Å². The summed E-state index contributed by atoms with van der Waals surface area (Å²) in [7, 11) is 0. The normalized spacial score (nSPS) is 9.71. The molecule has 3 nitrogen and oxygen atoms in total. The highest BCUT2D eigenvalue weighted by Crippen LogP contribution is 2.21. The first-order valence-corrected chi connectivity index (χ1v) is 6.17. The molecule has 1 aromatic carbocycles. The predicted octanol–water partition coefficient (Wildman–Crippen LogP) is 2.81. The Morgan fingerprint density at radius 2 is 1.94 bits per heavy atom. The van der Waals surface area contributed by atoms with Crippen LogP contribution in [-0.2, 0) is 0 Å². The summed E-state index contributed by atoms with van der Waals surface area (Å²) in [5.41, 5.74) is 0.464. The smallest absolute Gasteiger partial charge is 0.254 e. The van der Waals surface area contributed by atoms with Crippen molar-refractivity contribution >= 4 is 28.5 Å². The number of carbonyl (C=O) groups excluding carboxylic acids is 1. The summed E-state index contributed by atoms with van der Waals surface area (Å²) in [6.07, 6.45) is 3.32. The third-order valence-corrected chi connectivity index (χ3v) is 3.09. The summed E-state index contributed by atoms with van der Waals surface area (Å²) in [4.78, 5) is 13.7. The summed E-state index contributed by atoms with van der Waals surface area (Å²) in [5.74, 6) is -0.0230. The van der Waals surface area contributed by atoms with E-state index < -0.39 is 0 Å². The topological polar surface area (TPSA) is 40.5 Å². The second-order valence-electron chi connectivity index (χ2n) is 3.45. The molecule has 90 valence electrons. The van der Waals surface area contributed by atoms with E-state index >= 15 is 0 Å². The summed E-state index contributed by atoms with van der Waals surface area (Å²) in [6.45, 7) is 8.14. The van der Waals surface area contributed by atoms with E-state index in [0.29, 0.717) is 18.7 Å². The quantitative estimate of drug-likeness (QED) is 0.660. The summed E-state index contributed by atoms with van der Waals surface area (Å²) in [5, 5.41) is 9.57. The molecule has 0 aromatic heterocycles. The van der Waals surface area contributed by atoms with Gasteiger partial charge in [0.25, 0.3) is 5.91 Å². The number of hydrogen-bond donors (Lipinski definition) is 1. The third-order valence-electron chi connectivity index (χ3n) is 2.18. The van der Waals surface area contributed by atoms with Crippen LogP contribution in [0, 0.1) is 3.57 Å². The van der Waals surface area contributed by atoms with Crippen molar-refractivity contribution in [1.29, 1.82) is 0 Å². The average Bonchev–Trinajstić information content (AvgIpc) is 2.31. The highest BCUT2D eigenvalue weighted by atomic mass is 127. The minimum Gasteiger partial charge on any atom is -0.507 e. The number of aromatic hydroxyl groups is 1. The van der Waals surface area contributed by atoms with Crippen LogP contribution in [0.1, 0.15) is 10.4 Å². The number of benzene rings is 1. The first kappa shape index (κ1) is 13.8. The summed E-state index contributed by atoms with van der Waals surface area (Å²) >= 11 is 2.01. The van der Waals surface area contributed by atoms with Crippen molar-refractivity contribution < 1.29 is 9.90 Å². The second kappa shape index (κ2) is 6.44. The monoisotopic (exact) mass is 343 g/mol. The molecule has 1 aromatic rings. The number of phenolic OH excluding ortho intramolecular Hbond substituents is 1. The van der Waals surface area contributed by atoms with Crippen LogP contribution >= 0.6 is 22.6 Å². The molecule has 0 unspecified atom stereocenters. The minimum atomic E-state index is -0.142. The first-order valence-electron chi connectivity index (χ1n) is 5.09. The molecule has 17 heavy (non-hydrogen) atoms. The Balaban J connectivity index is 2.95. The Morgan fingerprint density at radius 1 is 1.35 bits per heavy atom. The molecule has 0 spiro atoms. The van der Waals surface area contributed by atoms with E-state index in [-0.39, 0.29) is 11.7 Å². The molecule has 1 N–H and O–H groups in total. The molecule has 0 atom stereocenters. The maximum absolute atomic E-state index is 12.1. The molecule has 0 aliphatic carbocycles. The second-order valence-corrected chi connectivity index (χ2v) is 4.62. The number of halogens is 1. The maximum atomic E-state index is 12.1. The molecule has 0 saturated carbocycles. The standard InChI is InChI=1S/C13H14INO2/c1-3-7-15(8-4-2)13(17)10-5-6-11(14)12(16)9-10/h3-6,9,16H,1-2,7-8H2. The van der Waals surface area contributed by atoms with Crippen LogP contribution in [0.4, 0.5) is 0 Å². The van der Waals surface area contributed by atoms with Gasteiger partial charge in [0.2, 0.25) is 0 Å².